The van der Waals surface area contributed by atoms with Crippen LogP contribution in [-0.4, -0.2) is 35.4 Å². The van der Waals surface area contributed by atoms with Gasteiger partial charge in [-0.2, -0.15) is 0 Å². The lowest BCUT2D eigenvalue weighted by Crippen LogP contribution is -2.32. The average molecular weight is 257 g/mol. The SMILES string of the molecule is CCOC(=O)CCCC(=O)ON1C(=O)CCC1=O. The molecule has 0 aromatic carbocycles. The van der Waals surface area contributed by atoms with Gasteiger partial charge in [0.25, 0.3) is 11.8 Å². The highest BCUT2D eigenvalue weighted by atomic mass is 16.7. The van der Waals surface area contributed by atoms with Crippen LogP contribution in [0.3, 0.4) is 0 Å². The van der Waals surface area contributed by atoms with E-state index >= 15 is 0 Å². The summed E-state index contributed by atoms with van der Waals surface area (Å²) in [4.78, 5) is 49.2. The maximum Gasteiger partial charge on any atom is 0.333 e. The number of carbonyl (C=O) groups is 4. The van der Waals surface area contributed by atoms with Gasteiger partial charge in [0.2, 0.25) is 0 Å². The van der Waals surface area contributed by atoms with E-state index in [0.717, 1.165) is 0 Å². The predicted octanol–water partition coefficient (Wildman–Crippen LogP) is 0.327. The Morgan fingerprint density at radius 2 is 1.67 bits per heavy atom. The molecule has 2 amide bonds. The highest BCUT2D eigenvalue weighted by Gasteiger charge is 2.32. The topological polar surface area (TPSA) is 90.0 Å². The minimum atomic E-state index is -0.706. The molecule has 0 saturated carbocycles. The van der Waals surface area contributed by atoms with Crippen molar-refractivity contribution >= 4 is 23.8 Å². The summed E-state index contributed by atoms with van der Waals surface area (Å²) in [5.74, 6) is -2.13. The number of imide groups is 1. The molecule has 100 valence electrons. The molecule has 7 nitrogen and oxygen atoms in total. The van der Waals surface area contributed by atoms with Crippen molar-refractivity contribution in [1.82, 2.24) is 5.06 Å². The van der Waals surface area contributed by atoms with E-state index in [1.165, 1.54) is 0 Å². The zero-order chi connectivity index (χ0) is 13.5. The van der Waals surface area contributed by atoms with Crippen LogP contribution in [0.4, 0.5) is 0 Å². The van der Waals surface area contributed by atoms with Crippen LogP contribution in [0.15, 0.2) is 0 Å². The molecular weight excluding hydrogens is 242 g/mol. The maximum absolute atomic E-state index is 11.3. The summed E-state index contributed by atoms with van der Waals surface area (Å²) < 4.78 is 4.68. The van der Waals surface area contributed by atoms with E-state index in [1.807, 2.05) is 0 Å². The predicted molar refractivity (Wildman–Crippen MR) is 57.7 cm³/mol. The first-order valence-corrected chi connectivity index (χ1v) is 5.76. The van der Waals surface area contributed by atoms with Gasteiger partial charge >= 0.3 is 11.9 Å². The highest BCUT2D eigenvalue weighted by Crippen LogP contribution is 2.13. The highest BCUT2D eigenvalue weighted by molar-refractivity contribution is 6.01. The number of hydrogen-bond donors (Lipinski definition) is 0. The molecule has 0 aromatic heterocycles. The Morgan fingerprint density at radius 3 is 2.22 bits per heavy atom. The van der Waals surface area contributed by atoms with Gasteiger partial charge in [0.15, 0.2) is 0 Å². The van der Waals surface area contributed by atoms with Gasteiger partial charge in [0.05, 0.1) is 6.61 Å². The summed E-state index contributed by atoms with van der Waals surface area (Å²) in [6.07, 6.45) is 0.443. The molecule has 1 aliphatic heterocycles. The molecule has 0 spiro atoms. The van der Waals surface area contributed by atoms with Gasteiger partial charge in [0, 0.05) is 25.7 Å². The first-order chi connectivity index (χ1) is 8.54. The van der Waals surface area contributed by atoms with Gasteiger partial charge in [-0.15, -0.1) is 5.06 Å². The smallest absolute Gasteiger partial charge is 0.333 e. The summed E-state index contributed by atoms with van der Waals surface area (Å²) >= 11 is 0. The number of amides is 2. The Kier molecular flexibility index (Phi) is 5.29. The minimum absolute atomic E-state index is 0.0458. The van der Waals surface area contributed by atoms with Gasteiger partial charge in [-0.05, 0) is 13.3 Å². The fraction of sp³-hybridized carbons (Fsp3) is 0.636. The lowest BCUT2D eigenvalue weighted by atomic mass is 10.2. The van der Waals surface area contributed by atoms with Crippen molar-refractivity contribution < 1.29 is 28.8 Å². The van der Waals surface area contributed by atoms with Gasteiger partial charge in [-0.3, -0.25) is 14.4 Å². The van der Waals surface area contributed by atoms with E-state index in [-0.39, 0.29) is 32.1 Å². The Labute approximate surface area is 104 Å². The van der Waals surface area contributed by atoms with Crippen molar-refractivity contribution in [2.45, 2.75) is 39.0 Å². The number of carbonyl (C=O) groups excluding carboxylic acids is 4. The van der Waals surface area contributed by atoms with Crippen LogP contribution < -0.4 is 0 Å². The number of rotatable bonds is 6. The van der Waals surface area contributed by atoms with Crippen molar-refractivity contribution in [3.05, 3.63) is 0 Å². The Balaban J connectivity index is 2.23. The van der Waals surface area contributed by atoms with Crippen LogP contribution in [0.5, 0.6) is 0 Å². The molecule has 18 heavy (non-hydrogen) atoms. The summed E-state index contributed by atoms with van der Waals surface area (Å²) in [7, 11) is 0. The first kappa shape index (κ1) is 14.1. The van der Waals surface area contributed by atoms with Crippen molar-refractivity contribution in [2.24, 2.45) is 0 Å². The second-order valence-electron chi connectivity index (χ2n) is 3.70. The van der Waals surface area contributed by atoms with Crippen molar-refractivity contribution in [1.29, 1.82) is 0 Å². The second kappa shape index (κ2) is 6.73. The van der Waals surface area contributed by atoms with Gasteiger partial charge in [-0.25, -0.2) is 4.79 Å². The molecule has 1 fully saturated rings. The van der Waals surface area contributed by atoms with E-state index in [4.69, 9.17) is 0 Å². The molecule has 1 saturated heterocycles. The number of nitrogens with zero attached hydrogens (tertiary/aromatic N) is 1. The van der Waals surface area contributed by atoms with E-state index in [1.54, 1.807) is 6.92 Å². The van der Waals surface area contributed by atoms with Crippen molar-refractivity contribution in [3.8, 4) is 0 Å². The maximum atomic E-state index is 11.3. The molecule has 1 heterocycles. The lowest BCUT2D eigenvalue weighted by Gasteiger charge is -2.12. The molecule has 1 aliphatic rings. The molecule has 0 aliphatic carbocycles. The molecule has 0 aromatic rings. The van der Waals surface area contributed by atoms with E-state index in [0.29, 0.717) is 11.7 Å². The Morgan fingerprint density at radius 1 is 1.11 bits per heavy atom. The minimum Gasteiger partial charge on any atom is -0.466 e. The Bertz CT molecular complexity index is 349. The van der Waals surface area contributed by atoms with Gasteiger partial charge < -0.3 is 9.57 Å². The third kappa shape index (κ3) is 4.15. The van der Waals surface area contributed by atoms with Crippen molar-refractivity contribution in [2.75, 3.05) is 6.61 Å². The molecule has 0 N–H and O–H groups in total. The molecule has 7 heteroatoms. The largest absolute Gasteiger partial charge is 0.466 e. The first-order valence-electron chi connectivity index (χ1n) is 5.76. The third-order valence-electron chi connectivity index (χ3n) is 2.27. The summed E-state index contributed by atoms with van der Waals surface area (Å²) in [6.45, 7) is 1.98. The van der Waals surface area contributed by atoms with Crippen LogP contribution in [-0.2, 0) is 28.8 Å². The fourth-order valence-electron chi connectivity index (χ4n) is 1.42. The third-order valence-corrected chi connectivity index (χ3v) is 2.27. The van der Waals surface area contributed by atoms with Gasteiger partial charge in [0.1, 0.15) is 0 Å². The van der Waals surface area contributed by atoms with Crippen LogP contribution in [0.2, 0.25) is 0 Å². The number of hydroxylamine groups is 2. The summed E-state index contributed by atoms with van der Waals surface area (Å²) in [5, 5.41) is 0.493. The van der Waals surface area contributed by atoms with Crippen LogP contribution >= 0.6 is 0 Å². The van der Waals surface area contributed by atoms with Gasteiger partial charge in [-0.1, -0.05) is 0 Å². The molecule has 0 unspecified atom stereocenters. The van der Waals surface area contributed by atoms with Crippen LogP contribution in [0.25, 0.3) is 0 Å². The number of esters is 1. The summed E-state index contributed by atoms with van der Waals surface area (Å²) in [5.41, 5.74) is 0. The van der Waals surface area contributed by atoms with E-state index in [2.05, 4.69) is 9.57 Å². The van der Waals surface area contributed by atoms with E-state index in [9.17, 15) is 19.2 Å². The fourth-order valence-corrected chi connectivity index (χ4v) is 1.42. The average Bonchev–Trinajstić information content (AvgIpc) is 2.61. The number of hydrogen-bond acceptors (Lipinski definition) is 6. The second-order valence-corrected chi connectivity index (χ2v) is 3.70. The quantitative estimate of drug-likeness (QED) is 0.503. The molecule has 0 radical (unpaired) electrons. The lowest BCUT2D eigenvalue weighted by molar-refractivity contribution is -0.197. The van der Waals surface area contributed by atoms with Crippen molar-refractivity contribution in [3.63, 3.8) is 0 Å². The van der Waals surface area contributed by atoms with Crippen LogP contribution in [0.1, 0.15) is 39.0 Å². The molecule has 0 bridgehead atoms. The standard InChI is InChI=1S/C11H15NO6/c1-2-17-10(15)4-3-5-11(16)18-12-8(13)6-7-9(12)14/h2-7H2,1H3. The zero-order valence-electron chi connectivity index (χ0n) is 10.1. The normalized spacial score (nSPS) is 14.8. The summed E-state index contributed by atoms with van der Waals surface area (Å²) in [6, 6.07) is 0. The molecular formula is C11H15NO6. The monoisotopic (exact) mass is 257 g/mol. The van der Waals surface area contributed by atoms with E-state index < -0.39 is 23.8 Å². The zero-order valence-corrected chi connectivity index (χ0v) is 10.1. The molecule has 0 atom stereocenters. The molecule has 1 rings (SSSR count). The Hall–Kier alpha value is -1.92. The number of ether oxygens (including phenoxy) is 1. The van der Waals surface area contributed by atoms with Crippen LogP contribution in [0, 0.1) is 0 Å².